The van der Waals surface area contributed by atoms with Gasteiger partial charge in [-0.3, -0.25) is 0 Å². The van der Waals surface area contributed by atoms with Gasteiger partial charge in [0.15, 0.2) is 12.2 Å². The molecule has 0 radical (unpaired) electrons. The van der Waals surface area contributed by atoms with Gasteiger partial charge in [0, 0.05) is 7.11 Å². The Morgan fingerprint density at radius 3 is 1.76 bits per heavy atom. The summed E-state index contributed by atoms with van der Waals surface area (Å²) in [6, 6.07) is 0. The molecule has 0 amide bonds. The SMILES string of the molecule is CO[C@@H]1C(=O)OC[C@@H]1O.O=C1OC[C@H](O)[C@@H]1O. The van der Waals surface area contributed by atoms with Crippen LogP contribution in [0.15, 0.2) is 0 Å². The highest BCUT2D eigenvalue weighted by Gasteiger charge is 2.35. The van der Waals surface area contributed by atoms with Crippen LogP contribution in [-0.4, -0.2) is 72.0 Å². The zero-order chi connectivity index (χ0) is 13.0. The largest absolute Gasteiger partial charge is 0.461 e. The maximum atomic E-state index is 10.5. The number of aliphatic hydroxyl groups is 3. The number of cyclic esters (lactones) is 2. The standard InChI is InChI=1S/C5H8O4.C4H6O4/c1-8-4-3(6)2-9-5(4)7;5-2-1-8-4(7)3(2)6/h3-4,6H,2H2,1H3;2-3,5-6H,1H2/t3-,4-;2-,3-/m00/s1. The minimum atomic E-state index is -1.32. The molecule has 0 saturated carbocycles. The number of methoxy groups -OCH3 is 1. The topological polar surface area (TPSA) is 123 Å². The molecule has 2 aliphatic heterocycles. The summed E-state index contributed by atoms with van der Waals surface area (Å²) in [6.45, 7) is -0.0304. The van der Waals surface area contributed by atoms with E-state index in [0.717, 1.165) is 0 Å². The van der Waals surface area contributed by atoms with E-state index in [1.165, 1.54) is 7.11 Å². The van der Waals surface area contributed by atoms with E-state index >= 15 is 0 Å². The molecule has 0 spiro atoms. The van der Waals surface area contributed by atoms with Gasteiger partial charge in [0.05, 0.1) is 0 Å². The second kappa shape index (κ2) is 5.92. The van der Waals surface area contributed by atoms with Crippen LogP contribution in [-0.2, 0) is 23.8 Å². The van der Waals surface area contributed by atoms with Crippen LogP contribution >= 0.6 is 0 Å². The lowest BCUT2D eigenvalue weighted by Crippen LogP contribution is -2.28. The average molecular weight is 250 g/mol. The molecule has 2 saturated heterocycles. The summed E-state index contributed by atoms with van der Waals surface area (Å²) in [7, 11) is 1.36. The van der Waals surface area contributed by atoms with Gasteiger partial charge in [0.2, 0.25) is 0 Å². The summed E-state index contributed by atoms with van der Waals surface area (Å²) in [5.74, 6) is -1.22. The highest BCUT2D eigenvalue weighted by atomic mass is 16.6. The summed E-state index contributed by atoms with van der Waals surface area (Å²) in [5, 5.41) is 26.0. The molecule has 2 fully saturated rings. The van der Waals surface area contributed by atoms with Gasteiger partial charge in [0.1, 0.15) is 25.4 Å². The molecular formula is C9H14O8. The fourth-order valence-electron chi connectivity index (χ4n) is 1.25. The number of ether oxygens (including phenoxy) is 3. The molecule has 0 aromatic carbocycles. The van der Waals surface area contributed by atoms with Crippen LogP contribution in [0.25, 0.3) is 0 Å². The molecule has 2 heterocycles. The van der Waals surface area contributed by atoms with Gasteiger partial charge in [0.25, 0.3) is 0 Å². The normalized spacial score (nSPS) is 36.0. The molecule has 8 nitrogen and oxygen atoms in total. The summed E-state index contributed by atoms with van der Waals surface area (Å²) in [4.78, 5) is 20.7. The van der Waals surface area contributed by atoms with E-state index in [1.807, 2.05) is 0 Å². The van der Waals surface area contributed by atoms with Gasteiger partial charge in [-0.15, -0.1) is 0 Å². The van der Waals surface area contributed by atoms with Crippen molar-refractivity contribution in [2.24, 2.45) is 0 Å². The summed E-state index contributed by atoms with van der Waals surface area (Å²) < 4.78 is 13.3. The molecule has 0 aromatic rings. The Bertz CT molecular complexity index is 291. The Balaban J connectivity index is 0.000000171. The third kappa shape index (κ3) is 3.37. The minimum Gasteiger partial charge on any atom is -0.461 e. The summed E-state index contributed by atoms with van der Waals surface area (Å²) in [6.07, 6.45) is -3.91. The molecule has 98 valence electrons. The first-order valence-electron chi connectivity index (χ1n) is 4.87. The van der Waals surface area contributed by atoms with E-state index in [4.69, 9.17) is 15.3 Å². The van der Waals surface area contributed by atoms with Crippen LogP contribution in [0.4, 0.5) is 0 Å². The van der Waals surface area contributed by atoms with Crippen LogP contribution in [0.2, 0.25) is 0 Å². The van der Waals surface area contributed by atoms with E-state index < -0.39 is 36.4 Å². The first-order valence-corrected chi connectivity index (χ1v) is 4.87. The van der Waals surface area contributed by atoms with E-state index in [2.05, 4.69) is 14.2 Å². The first kappa shape index (κ1) is 13.8. The molecule has 2 rings (SSSR count). The fraction of sp³-hybridized carbons (Fsp3) is 0.778. The predicted octanol–water partition coefficient (Wildman–Crippen LogP) is -2.82. The fourth-order valence-corrected chi connectivity index (χ4v) is 1.25. The Hall–Kier alpha value is -1.22. The van der Waals surface area contributed by atoms with Crippen molar-refractivity contribution in [3.63, 3.8) is 0 Å². The molecule has 8 heteroatoms. The highest BCUT2D eigenvalue weighted by molar-refractivity contribution is 5.77. The monoisotopic (exact) mass is 250 g/mol. The van der Waals surface area contributed by atoms with Crippen molar-refractivity contribution >= 4 is 11.9 Å². The van der Waals surface area contributed by atoms with Crippen LogP contribution < -0.4 is 0 Å². The average Bonchev–Trinajstić information content (AvgIpc) is 2.77. The number of aliphatic hydroxyl groups excluding tert-OH is 3. The molecule has 4 atom stereocenters. The molecule has 0 aromatic heterocycles. The number of hydrogen-bond donors (Lipinski definition) is 3. The van der Waals surface area contributed by atoms with Crippen LogP contribution in [0.1, 0.15) is 0 Å². The maximum Gasteiger partial charge on any atom is 0.338 e. The van der Waals surface area contributed by atoms with Crippen LogP contribution in [0.3, 0.4) is 0 Å². The summed E-state index contributed by atoms with van der Waals surface area (Å²) >= 11 is 0. The van der Waals surface area contributed by atoms with Gasteiger partial charge in [-0.1, -0.05) is 0 Å². The third-order valence-corrected chi connectivity index (χ3v) is 2.23. The smallest absolute Gasteiger partial charge is 0.338 e. The molecule has 2 aliphatic rings. The van der Waals surface area contributed by atoms with Crippen LogP contribution in [0, 0.1) is 0 Å². The van der Waals surface area contributed by atoms with Crippen molar-refractivity contribution < 1.29 is 39.1 Å². The van der Waals surface area contributed by atoms with Crippen molar-refractivity contribution in [2.45, 2.75) is 24.4 Å². The first-order chi connectivity index (χ1) is 7.97. The predicted molar refractivity (Wildman–Crippen MR) is 50.7 cm³/mol. The quantitative estimate of drug-likeness (QED) is 0.426. The maximum absolute atomic E-state index is 10.5. The van der Waals surface area contributed by atoms with E-state index in [-0.39, 0.29) is 13.2 Å². The zero-order valence-electron chi connectivity index (χ0n) is 9.11. The van der Waals surface area contributed by atoms with Gasteiger partial charge in [-0.25, -0.2) is 9.59 Å². The van der Waals surface area contributed by atoms with Crippen molar-refractivity contribution in [1.82, 2.24) is 0 Å². The lowest BCUT2D eigenvalue weighted by Gasteiger charge is -2.04. The number of esters is 2. The third-order valence-electron chi connectivity index (χ3n) is 2.23. The lowest BCUT2D eigenvalue weighted by atomic mass is 10.2. The molecule has 0 unspecified atom stereocenters. The van der Waals surface area contributed by atoms with E-state index in [1.54, 1.807) is 0 Å². The molecule has 0 aliphatic carbocycles. The second-order valence-corrected chi connectivity index (χ2v) is 3.50. The van der Waals surface area contributed by atoms with Gasteiger partial charge >= 0.3 is 11.9 Å². The second-order valence-electron chi connectivity index (χ2n) is 3.50. The zero-order valence-corrected chi connectivity index (χ0v) is 9.11. The number of carbonyl (C=O) groups is 2. The molecule has 0 bridgehead atoms. The molecule has 17 heavy (non-hydrogen) atoms. The highest BCUT2D eigenvalue weighted by Crippen LogP contribution is 2.09. The number of rotatable bonds is 1. The van der Waals surface area contributed by atoms with Crippen molar-refractivity contribution in [1.29, 1.82) is 0 Å². The van der Waals surface area contributed by atoms with Crippen molar-refractivity contribution in [3.8, 4) is 0 Å². The Kier molecular flexibility index (Phi) is 4.82. The van der Waals surface area contributed by atoms with Gasteiger partial charge in [-0.05, 0) is 0 Å². The van der Waals surface area contributed by atoms with Gasteiger partial charge in [-0.2, -0.15) is 0 Å². The molecule has 3 N–H and O–H groups in total. The molecular weight excluding hydrogens is 236 g/mol. The number of hydrogen-bond acceptors (Lipinski definition) is 8. The summed E-state index contributed by atoms with van der Waals surface area (Å²) in [5.41, 5.74) is 0. The van der Waals surface area contributed by atoms with E-state index in [0.29, 0.717) is 0 Å². The Labute approximate surface area is 96.7 Å². The number of carbonyl (C=O) groups excluding carboxylic acids is 2. The Morgan fingerprint density at radius 2 is 1.59 bits per heavy atom. The van der Waals surface area contributed by atoms with Crippen molar-refractivity contribution in [2.75, 3.05) is 20.3 Å². The Morgan fingerprint density at radius 1 is 1.06 bits per heavy atom. The van der Waals surface area contributed by atoms with E-state index in [9.17, 15) is 9.59 Å². The van der Waals surface area contributed by atoms with Gasteiger partial charge < -0.3 is 29.5 Å². The minimum absolute atomic E-state index is 0.0529. The van der Waals surface area contributed by atoms with Crippen LogP contribution in [0.5, 0.6) is 0 Å². The van der Waals surface area contributed by atoms with Crippen molar-refractivity contribution in [3.05, 3.63) is 0 Å². The lowest BCUT2D eigenvalue weighted by molar-refractivity contribution is -0.146.